The summed E-state index contributed by atoms with van der Waals surface area (Å²) in [5.74, 6) is 1.33. The Morgan fingerprint density at radius 3 is 2.39 bits per heavy atom. The van der Waals surface area contributed by atoms with E-state index in [2.05, 4.69) is 5.32 Å². The molecule has 7 nitrogen and oxygen atoms in total. The Labute approximate surface area is 193 Å². The third-order valence-corrected chi connectivity index (χ3v) is 5.47. The molecule has 0 spiro atoms. The van der Waals surface area contributed by atoms with E-state index < -0.39 is 0 Å². The monoisotopic (exact) mass is 447 g/mol. The first-order valence-electron chi connectivity index (χ1n) is 11.3. The largest absolute Gasteiger partial charge is 0.494 e. The number of ether oxygens (including phenoxy) is 1. The van der Waals surface area contributed by atoms with E-state index in [0.717, 1.165) is 24.2 Å². The average molecular weight is 448 g/mol. The van der Waals surface area contributed by atoms with Crippen molar-refractivity contribution in [2.45, 2.75) is 38.9 Å². The first-order valence-corrected chi connectivity index (χ1v) is 11.3. The van der Waals surface area contributed by atoms with Crippen LogP contribution in [-0.2, 0) is 17.9 Å². The average Bonchev–Trinajstić information content (AvgIpc) is 3.54. The second kappa shape index (κ2) is 10.7. The number of nitrogens with zero attached hydrogens (tertiary/aromatic N) is 2. The van der Waals surface area contributed by atoms with Gasteiger partial charge in [0.15, 0.2) is 0 Å². The maximum Gasteiger partial charge on any atom is 0.322 e. The highest BCUT2D eigenvalue weighted by Crippen LogP contribution is 2.28. The van der Waals surface area contributed by atoms with E-state index >= 15 is 0 Å². The van der Waals surface area contributed by atoms with Crippen LogP contribution in [0.5, 0.6) is 5.75 Å². The molecule has 2 aromatic carbocycles. The molecule has 0 aliphatic heterocycles. The number of anilines is 1. The van der Waals surface area contributed by atoms with Gasteiger partial charge in [-0.1, -0.05) is 30.3 Å². The molecule has 33 heavy (non-hydrogen) atoms. The molecule has 0 unspecified atom stereocenters. The van der Waals surface area contributed by atoms with Crippen molar-refractivity contribution in [3.05, 3.63) is 84.3 Å². The molecular weight excluding hydrogens is 418 g/mol. The summed E-state index contributed by atoms with van der Waals surface area (Å²) >= 11 is 0. The minimum atomic E-state index is -0.271. The van der Waals surface area contributed by atoms with Crippen LogP contribution in [0.4, 0.5) is 10.5 Å². The van der Waals surface area contributed by atoms with Crippen LogP contribution in [-0.4, -0.2) is 40.9 Å². The fraction of sp³-hybridized carbons (Fsp3) is 0.308. The number of carbonyl (C=O) groups is 2. The van der Waals surface area contributed by atoms with Gasteiger partial charge >= 0.3 is 6.03 Å². The summed E-state index contributed by atoms with van der Waals surface area (Å²) in [6.07, 6.45) is 3.41. The smallest absolute Gasteiger partial charge is 0.322 e. The molecule has 0 saturated heterocycles. The molecule has 1 heterocycles. The molecule has 7 heteroatoms. The van der Waals surface area contributed by atoms with Crippen LogP contribution in [0.1, 0.15) is 31.1 Å². The van der Waals surface area contributed by atoms with Crippen molar-refractivity contribution < 1.29 is 18.7 Å². The van der Waals surface area contributed by atoms with Crippen molar-refractivity contribution in [3.8, 4) is 5.75 Å². The number of urea groups is 1. The summed E-state index contributed by atoms with van der Waals surface area (Å²) < 4.78 is 10.9. The van der Waals surface area contributed by atoms with Gasteiger partial charge < -0.3 is 24.3 Å². The van der Waals surface area contributed by atoms with Gasteiger partial charge in [0.25, 0.3) is 0 Å². The first kappa shape index (κ1) is 22.5. The standard InChI is InChI=1S/C26H29N3O4/c1-2-32-23-14-10-21(11-15-23)27-26(31)29(22-12-13-22)19-25(30)28(18-24-9-6-16-33-24)17-20-7-4-3-5-8-20/h3-11,14-16,22H,2,12-13,17-19H2,1H3,(H,27,31). The Balaban J connectivity index is 1.44. The summed E-state index contributed by atoms with van der Waals surface area (Å²) in [6, 6.07) is 20.5. The molecule has 1 aliphatic rings. The van der Waals surface area contributed by atoms with Gasteiger partial charge in [0.1, 0.15) is 18.1 Å². The van der Waals surface area contributed by atoms with E-state index in [0.29, 0.717) is 31.1 Å². The van der Waals surface area contributed by atoms with Crippen molar-refractivity contribution in [1.29, 1.82) is 0 Å². The Bertz CT molecular complexity index is 1030. The molecular formula is C26H29N3O4. The Kier molecular flexibility index (Phi) is 7.29. The second-order valence-corrected chi connectivity index (χ2v) is 8.06. The summed E-state index contributed by atoms with van der Waals surface area (Å²) in [5, 5.41) is 2.91. The molecule has 172 valence electrons. The number of rotatable bonds is 10. The van der Waals surface area contributed by atoms with Crippen molar-refractivity contribution >= 4 is 17.6 Å². The van der Waals surface area contributed by atoms with Crippen LogP contribution in [0, 0.1) is 0 Å². The molecule has 1 aliphatic carbocycles. The zero-order valence-corrected chi connectivity index (χ0v) is 18.8. The highest BCUT2D eigenvalue weighted by molar-refractivity contribution is 5.92. The van der Waals surface area contributed by atoms with Gasteiger partial charge in [0, 0.05) is 18.3 Å². The van der Waals surface area contributed by atoms with E-state index in [1.54, 1.807) is 34.3 Å². The van der Waals surface area contributed by atoms with E-state index in [4.69, 9.17) is 9.15 Å². The lowest BCUT2D eigenvalue weighted by Gasteiger charge is -2.27. The Morgan fingerprint density at radius 1 is 1.00 bits per heavy atom. The summed E-state index contributed by atoms with van der Waals surface area (Å²) in [7, 11) is 0. The van der Waals surface area contributed by atoms with Crippen molar-refractivity contribution in [3.63, 3.8) is 0 Å². The maximum absolute atomic E-state index is 13.3. The Morgan fingerprint density at radius 2 is 1.76 bits per heavy atom. The topological polar surface area (TPSA) is 75.0 Å². The highest BCUT2D eigenvalue weighted by Gasteiger charge is 2.35. The second-order valence-electron chi connectivity index (χ2n) is 8.06. The molecule has 3 aromatic rings. The van der Waals surface area contributed by atoms with Crippen molar-refractivity contribution in [2.24, 2.45) is 0 Å². The minimum Gasteiger partial charge on any atom is -0.494 e. The maximum atomic E-state index is 13.3. The number of amides is 3. The summed E-state index contributed by atoms with van der Waals surface area (Å²) in [4.78, 5) is 29.7. The number of hydrogen-bond donors (Lipinski definition) is 1. The van der Waals surface area contributed by atoms with E-state index in [1.807, 2.05) is 55.5 Å². The van der Waals surface area contributed by atoms with Crippen LogP contribution >= 0.6 is 0 Å². The van der Waals surface area contributed by atoms with Crippen LogP contribution < -0.4 is 10.1 Å². The molecule has 0 radical (unpaired) electrons. The molecule has 3 amide bonds. The summed E-state index contributed by atoms with van der Waals surface area (Å²) in [6.45, 7) is 3.31. The molecule has 0 bridgehead atoms. The molecule has 1 N–H and O–H groups in total. The third-order valence-electron chi connectivity index (χ3n) is 5.47. The van der Waals surface area contributed by atoms with Gasteiger partial charge in [-0.2, -0.15) is 0 Å². The van der Waals surface area contributed by atoms with Crippen LogP contribution in [0.15, 0.2) is 77.4 Å². The number of furan rings is 1. The number of carbonyl (C=O) groups excluding carboxylic acids is 2. The van der Waals surface area contributed by atoms with Gasteiger partial charge in [0.05, 0.1) is 19.4 Å². The summed E-state index contributed by atoms with van der Waals surface area (Å²) in [5.41, 5.74) is 1.69. The fourth-order valence-electron chi connectivity index (χ4n) is 3.62. The number of benzene rings is 2. The lowest BCUT2D eigenvalue weighted by atomic mass is 10.2. The molecule has 4 rings (SSSR count). The van der Waals surface area contributed by atoms with Gasteiger partial charge in [-0.25, -0.2) is 4.79 Å². The molecule has 1 aromatic heterocycles. The van der Waals surface area contributed by atoms with E-state index in [1.165, 1.54) is 0 Å². The quantitative estimate of drug-likeness (QED) is 0.480. The van der Waals surface area contributed by atoms with Crippen LogP contribution in [0.2, 0.25) is 0 Å². The van der Waals surface area contributed by atoms with Gasteiger partial charge in [-0.15, -0.1) is 0 Å². The fourth-order valence-corrected chi connectivity index (χ4v) is 3.62. The molecule has 1 saturated carbocycles. The predicted octanol–water partition coefficient (Wildman–Crippen LogP) is 4.90. The molecule has 1 fully saturated rings. The van der Waals surface area contributed by atoms with E-state index in [-0.39, 0.29) is 24.5 Å². The zero-order valence-electron chi connectivity index (χ0n) is 18.8. The van der Waals surface area contributed by atoms with Gasteiger partial charge in [0.2, 0.25) is 5.91 Å². The zero-order chi connectivity index (χ0) is 23.0. The number of nitrogens with one attached hydrogen (secondary N) is 1. The third kappa shape index (κ3) is 6.38. The normalized spacial score (nSPS) is 12.8. The van der Waals surface area contributed by atoms with E-state index in [9.17, 15) is 9.59 Å². The van der Waals surface area contributed by atoms with Gasteiger partial charge in [-0.3, -0.25) is 4.79 Å². The van der Waals surface area contributed by atoms with Crippen molar-refractivity contribution in [2.75, 3.05) is 18.5 Å². The lowest BCUT2D eigenvalue weighted by molar-refractivity contribution is -0.133. The van der Waals surface area contributed by atoms with Crippen LogP contribution in [0.25, 0.3) is 0 Å². The van der Waals surface area contributed by atoms with Gasteiger partial charge in [-0.05, 0) is 61.7 Å². The highest BCUT2D eigenvalue weighted by atomic mass is 16.5. The Hall–Kier alpha value is -3.74. The SMILES string of the molecule is CCOc1ccc(NC(=O)N(CC(=O)N(Cc2ccccc2)Cc2ccco2)C2CC2)cc1. The van der Waals surface area contributed by atoms with Crippen molar-refractivity contribution in [1.82, 2.24) is 9.80 Å². The first-order chi connectivity index (χ1) is 16.1. The molecule has 0 atom stereocenters. The van der Waals surface area contributed by atoms with Crippen LogP contribution in [0.3, 0.4) is 0 Å². The lowest BCUT2D eigenvalue weighted by Crippen LogP contribution is -2.45. The predicted molar refractivity (Wildman–Crippen MR) is 126 cm³/mol. The number of hydrogen-bond acceptors (Lipinski definition) is 4. The minimum absolute atomic E-state index is 0.0150.